The second-order valence-corrected chi connectivity index (χ2v) is 19.2. The molecule has 2 aromatic rings. The van der Waals surface area contributed by atoms with Crippen LogP contribution in [-0.4, -0.2) is 54.2 Å². The molecule has 0 saturated carbocycles. The molecule has 35 heavy (non-hydrogen) atoms. The van der Waals surface area contributed by atoms with Crippen LogP contribution in [0.2, 0.25) is 18.1 Å². The molecule has 1 saturated heterocycles. The highest BCUT2D eigenvalue weighted by atomic mass is 79.9. The Hall–Kier alpha value is -1.31. The molecule has 0 spiro atoms. The number of nitrogens with one attached hydrogen (secondary N) is 2. The topological polar surface area (TPSA) is 49.3 Å². The Balaban J connectivity index is 2.01. The molecule has 2 amide bonds. The molecule has 2 aliphatic rings. The van der Waals surface area contributed by atoms with Crippen molar-refractivity contribution in [3.05, 3.63) is 35.0 Å². The molecule has 7 heteroatoms. The van der Waals surface area contributed by atoms with Gasteiger partial charge in [0.05, 0.1) is 13.6 Å². The summed E-state index contributed by atoms with van der Waals surface area (Å²) in [6.07, 6.45) is 3.50. The lowest BCUT2D eigenvalue weighted by atomic mass is 9.75. The van der Waals surface area contributed by atoms with E-state index in [0.29, 0.717) is 35.4 Å². The first-order valence-electron chi connectivity index (χ1n) is 13.5. The van der Waals surface area contributed by atoms with Gasteiger partial charge in [0.1, 0.15) is 0 Å². The fourth-order valence-electron chi connectivity index (χ4n) is 6.46. The minimum atomic E-state index is -1.86. The van der Waals surface area contributed by atoms with Crippen LogP contribution in [-0.2, 0) is 6.42 Å². The van der Waals surface area contributed by atoms with Crippen LogP contribution in [0.25, 0.3) is 10.9 Å². The number of rotatable bonds is 6. The van der Waals surface area contributed by atoms with E-state index < -0.39 is 8.07 Å². The van der Waals surface area contributed by atoms with Crippen LogP contribution in [0.1, 0.15) is 82.7 Å². The molecule has 1 aliphatic carbocycles. The molecule has 1 aliphatic heterocycles. The smallest absolute Gasteiger partial charge is 0.324 e. The van der Waals surface area contributed by atoms with Gasteiger partial charge in [-0.2, -0.15) is 0 Å². The van der Waals surface area contributed by atoms with E-state index in [1.54, 1.807) is 0 Å². The molecule has 2 unspecified atom stereocenters. The van der Waals surface area contributed by atoms with Gasteiger partial charge in [-0.05, 0) is 61.9 Å². The number of carbonyl (C=O) groups is 1. The Morgan fingerprint density at radius 3 is 2.57 bits per heavy atom. The average Bonchev–Trinajstić information content (AvgIpc) is 3.08. The fourth-order valence-corrected chi connectivity index (χ4v) is 11.8. The Bertz CT molecular complexity index is 1080. The molecule has 1 aromatic heterocycles. The molecular weight excluding hydrogens is 516 g/mol. The molecule has 0 radical (unpaired) electrons. The van der Waals surface area contributed by atoms with E-state index in [-0.39, 0.29) is 11.1 Å². The summed E-state index contributed by atoms with van der Waals surface area (Å²) in [7, 11) is -1.86. The number of piperidine rings is 1. The van der Waals surface area contributed by atoms with Gasteiger partial charge < -0.3 is 10.2 Å². The van der Waals surface area contributed by atoms with E-state index in [2.05, 4.69) is 90.3 Å². The number of hydrogen-bond acceptors (Lipinski definition) is 2. The molecule has 1 fully saturated rings. The van der Waals surface area contributed by atoms with Gasteiger partial charge >= 0.3 is 6.03 Å². The van der Waals surface area contributed by atoms with Crippen molar-refractivity contribution in [1.82, 2.24) is 14.9 Å². The highest BCUT2D eigenvalue weighted by Crippen LogP contribution is 2.52. The van der Waals surface area contributed by atoms with Crippen LogP contribution >= 0.6 is 15.9 Å². The zero-order valence-electron chi connectivity index (χ0n) is 23.0. The first-order chi connectivity index (χ1) is 16.4. The Kier molecular flexibility index (Phi) is 7.54. The predicted molar refractivity (Wildman–Crippen MR) is 155 cm³/mol. The minimum absolute atomic E-state index is 0.0175. The number of amides is 2. The standard InChI is InChI=1S/C28H45BrN4OSi/c1-9-32(10-2)27(34)31-33-23-15-11-13-20-19-14-12-16-30-22(19)17-21(24(20)23)25(33)26(18(3)29)35(7,8)28(4,5)6/h11,13,15,18-19,22,26,30H,9-10,12,14,16-17H2,1-8H3,(H,31,34)/t18?,19-,22-,26?/m1/s1. The minimum Gasteiger partial charge on any atom is -0.324 e. The third-order valence-electron chi connectivity index (χ3n) is 9.30. The monoisotopic (exact) mass is 560 g/mol. The fraction of sp³-hybridized carbons (Fsp3) is 0.679. The Morgan fingerprint density at radius 2 is 1.97 bits per heavy atom. The van der Waals surface area contributed by atoms with E-state index in [0.717, 1.165) is 18.5 Å². The number of alkyl halides is 1. The van der Waals surface area contributed by atoms with Crippen molar-refractivity contribution in [2.45, 2.75) is 101 Å². The van der Waals surface area contributed by atoms with Crippen molar-refractivity contribution in [2.24, 2.45) is 0 Å². The maximum Gasteiger partial charge on any atom is 0.336 e. The lowest BCUT2D eigenvalue weighted by molar-refractivity contribution is 0.214. The van der Waals surface area contributed by atoms with Crippen molar-refractivity contribution in [3.8, 4) is 0 Å². The van der Waals surface area contributed by atoms with E-state index in [4.69, 9.17) is 0 Å². The molecule has 4 atom stereocenters. The molecule has 5 nitrogen and oxygen atoms in total. The van der Waals surface area contributed by atoms with Gasteiger partial charge in [-0.1, -0.05) is 68.9 Å². The van der Waals surface area contributed by atoms with Gasteiger partial charge in [0, 0.05) is 46.5 Å². The van der Waals surface area contributed by atoms with E-state index >= 15 is 0 Å². The summed E-state index contributed by atoms with van der Waals surface area (Å²) >= 11 is 4.07. The van der Waals surface area contributed by atoms with Crippen LogP contribution < -0.4 is 10.7 Å². The second kappa shape index (κ2) is 9.86. The summed E-state index contributed by atoms with van der Waals surface area (Å²) in [5, 5.41) is 5.45. The number of halogens is 1. The van der Waals surface area contributed by atoms with Crippen molar-refractivity contribution in [1.29, 1.82) is 0 Å². The number of urea groups is 1. The Morgan fingerprint density at radius 1 is 1.29 bits per heavy atom. The summed E-state index contributed by atoms with van der Waals surface area (Å²) in [6.45, 7) is 21.2. The van der Waals surface area contributed by atoms with Gasteiger partial charge in [-0.3, -0.25) is 4.68 Å². The van der Waals surface area contributed by atoms with E-state index in [9.17, 15) is 4.79 Å². The summed E-state index contributed by atoms with van der Waals surface area (Å²) in [6, 6.07) is 7.21. The summed E-state index contributed by atoms with van der Waals surface area (Å²) < 4.78 is 2.20. The first kappa shape index (κ1) is 26.7. The molecule has 2 N–H and O–H groups in total. The van der Waals surface area contributed by atoms with Crippen molar-refractivity contribution in [2.75, 3.05) is 25.1 Å². The van der Waals surface area contributed by atoms with Crippen molar-refractivity contribution >= 4 is 40.9 Å². The third-order valence-corrected chi connectivity index (χ3v) is 16.5. The third kappa shape index (κ3) is 4.50. The highest BCUT2D eigenvalue weighted by molar-refractivity contribution is 9.09. The summed E-state index contributed by atoms with van der Waals surface area (Å²) in [4.78, 5) is 15.6. The quantitative estimate of drug-likeness (QED) is 0.296. The zero-order chi connectivity index (χ0) is 25.7. The number of hydrogen-bond donors (Lipinski definition) is 2. The van der Waals surface area contributed by atoms with Gasteiger partial charge in [-0.15, -0.1) is 0 Å². The lowest BCUT2D eigenvalue weighted by Gasteiger charge is -2.46. The summed E-state index contributed by atoms with van der Waals surface area (Å²) in [5.41, 5.74) is 9.14. The van der Waals surface area contributed by atoms with Crippen LogP contribution in [0, 0.1) is 0 Å². The molecule has 194 valence electrons. The SMILES string of the molecule is CCN(CC)C(=O)Nn1c(C(C(C)Br)[Si](C)(C)C(C)(C)C)c2c3c(cccc31)[C@H]1CCCN[C@@H]1C2. The first-order valence-corrected chi connectivity index (χ1v) is 17.5. The largest absolute Gasteiger partial charge is 0.336 e. The van der Waals surface area contributed by atoms with Crippen molar-refractivity contribution < 1.29 is 4.79 Å². The number of aromatic nitrogens is 1. The molecule has 1 aromatic carbocycles. The molecule has 0 bridgehead atoms. The average molecular weight is 562 g/mol. The van der Waals surface area contributed by atoms with Crippen LogP contribution in [0.15, 0.2) is 18.2 Å². The van der Waals surface area contributed by atoms with E-state index in [1.165, 1.54) is 35.0 Å². The van der Waals surface area contributed by atoms with Gasteiger partial charge in [0.15, 0.2) is 0 Å². The van der Waals surface area contributed by atoms with Gasteiger partial charge in [-0.25, -0.2) is 10.2 Å². The van der Waals surface area contributed by atoms with Crippen molar-refractivity contribution in [3.63, 3.8) is 0 Å². The maximum absolute atomic E-state index is 13.4. The Labute approximate surface area is 221 Å². The highest BCUT2D eigenvalue weighted by Gasteiger charge is 2.48. The number of benzene rings is 1. The predicted octanol–water partition coefficient (Wildman–Crippen LogP) is 6.95. The lowest BCUT2D eigenvalue weighted by Crippen LogP contribution is -2.49. The summed E-state index contributed by atoms with van der Waals surface area (Å²) in [5.74, 6) is 0.551. The van der Waals surface area contributed by atoms with Gasteiger partial charge in [0.25, 0.3) is 0 Å². The number of nitrogens with zero attached hydrogens (tertiary/aromatic N) is 2. The zero-order valence-corrected chi connectivity index (χ0v) is 25.6. The van der Waals surface area contributed by atoms with Crippen LogP contribution in [0.3, 0.4) is 0 Å². The molecular formula is C28H45BrN4OSi. The second-order valence-electron chi connectivity index (χ2n) is 12.2. The normalized spacial score (nSPS) is 22.0. The van der Waals surface area contributed by atoms with Crippen LogP contribution in [0.4, 0.5) is 4.79 Å². The maximum atomic E-state index is 13.4. The molecule has 2 heterocycles. The van der Waals surface area contributed by atoms with Gasteiger partial charge in [0.2, 0.25) is 0 Å². The number of carbonyl (C=O) groups excluding carboxylic acids is 1. The van der Waals surface area contributed by atoms with Crippen LogP contribution in [0.5, 0.6) is 0 Å². The van der Waals surface area contributed by atoms with E-state index in [1.807, 2.05) is 18.7 Å². The number of fused-ring (bicyclic) bond motifs is 2. The molecule has 4 rings (SSSR count).